The molecule has 3 aromatic carbocycles. The number of hydrogen-bond acceptors (Lipinski definition) is 3. The third-order valence-corrected chi connectivity index (χ3v) is 4.79. The fourth-order valence-corrected chi connectivity index (χ4v) is 3.36. The van der Waals surface area contributed by atoms with Crippen LogP contribution in [0.3, 0.4) is 0 Å². The molecule has 0 saturated carbocycles. The molecule has 1 N–H and O–H groups in total. The van der Waals surface area contributed by atoms with Gasteiger partial charge in [-0.2, -0.15) is 0 Å². The van der Waals surface area contributed by atoms with Gasteiger partial charge >= 0.3 is 0 Å². The molecule has 0 atom stereocenters. The Morgan fingerprint density at radius 1 is 0.880 bits per heavy atom. The van der Waals surface area contributed by atoms with Crippen molar-refractivity contribution in [3.05, 3.63) is 89.4 Å². The van der Waals surface area contributed by atoms with Gasteiger partial charge < -0.3 is 4.90 Å². The lowest BCUT2D eigenvalue weighted by Crippen LogP contribution is -2.47. The molecule has 0 radical (unpaired) electrons. The molecule has 1 heterocycles. The van der Waals surface area contributed by atoms with Crippen LogP contribution in [0.25, 0.3) is 0 Å². The zero-order valence-electron chi connectivity index (χ0n) is 13.4. The minimum atomic E-state index is 0.588. The molecule has 3 aromatic rings. The first-order valence-electron chi connectivity index (χ1n) is 7.98. The Bertz CT molecular complexity index is 899. The molecule has 0 bridgehead atoms. The zero-order chi connectivity index (χ0) is 17.2. The van der Waals surface area contributed by atoms with Gasteiger partial charge in [-0.1, -0.05) is 60.2 Å². The van der Waals surface area contributed by atoms with Crippen LogP contribution < -0.4 is 10.3 Å². The molecule has 5 heteroatoms. The number of para-hydroxylation sites is 2. The van der Waals surface area contributed by atoms with E-state index in [1.54, 1.807) is 0 Å². The SMILES string of the molecule is S=C1c2ccc(Cl)cc2N(c2ccccc2)CN1Nc1ccccc1. The highest BCUT2D eigenvalue weighted by Gasteiger charge is 2.27. The van der Waals surface area contributed by atoms with E-state index in [1.165, 1.54) is 0 Å². The van der Waals surface area contributed by atoms with E-state index in [-0.39, 0.29) is 0 Å². The summed E-state index contributed by atoms with van der Waals surface area (Å²) in [5.74, 6) is 0. The maximum absolute atomic E-state index is 6.24. The summed E-state index contributed by atoms with van der Waals surface area (Å²) in [6.07, 6.45) is 0. The van der Waals surface area contributed by atoms with Gasteiger partial charge in [0, 0.05) is 16.3 Å². The van der Waals surface area contributed by atoms with Gasteiger partial charge in [0.15, 0.2) is 0 Å². The van der Waals surface area contributed by atoms with Crippen molar-refractivity contribution in [3.63, 3.8) is 0 Å². The number of hydrazine groups is 1. The summed E-state index contributed by atoms with van der Waals surface area (Å²) >= 11 is 12.0. The lowest BCUT2D eigenvalue weighted by Gasteiger charge is -2.40. The first kappa shape index (κ1) is 15.9. The lowest BCUT2D eigenvalue weighted by atomic mass is 10.1. The number of hydrogen-bond donors (Lipinski definition) is 1. The van der Waals surface area contributed by atoms with Crippen LogP contribution in [0.2, 0.25) is 5.02 Å². The molecule has 1 aliphatic rings. The maximum atomic E-state index is 6.24. The van der Waals surface area contributed by atoms with Crippen LogP contribution >= 0.6 is 23.8 Å². The van der Waals surface area contributed by atoms with Gasteiger partial charge in [-0.15, -0.1) is 0 Å². The van der Waals surface area contributed by atoms with Crippen LogP contribution in [-0.4, -0.2) is 16.7 Å². The van der Waals surface area contributed by atoms with Crippen molar-refractivity contribution in [3.8, 4) is 0 Å². The Morgan fingerprint density at radius 3 is 2.28 bits per heavy atom. The van der Waals surface area contributed by atoms with E-state index < -0.39 is 0 Å². The van der Waals surface area contributed by atoms with Gasteiger partial charge in [0.25, 0.3) is 0 Å². The number of nitrogens with one attached hydrogen (secondary N) is 1. The number of halogens is 1. The topological polar surface area (TPSA) is 18.5 Å². The highest BCUT2D eigenvalue weighted by Crippen LogP contribution is 2.35. The Hall–Kier alpha value is -2.56. The van der Waals surface area contributed by atoms with Crippen molar-refractivity contribution in [2.75, 3.05) is 17.0 Å². The zero-order valence-corrected chi connectivity index (χ0v) is 15.0. The quantitative estimate of drug-likeness (QED) is 0.621. The predicted octanol–water partition coefficient (Wildman–Crippen LogP) is 5.45. The molecule has 3 nitrogen and oxygen atoms in total. The third kappa shape index (κ3) is 3.18. The molecule has 0 unspecified atom stereocenters. The van der Waals surface area contributed by atoms with E-state index >= 15 is 0 Å². The normalized spacial score (nSPS) is 13.6. The van der Waals surface area contributed by atoms with E-state index in [2.05, 4.69) is 22.5 Å². The second kappa shape index (κ2) is 6.75. The molecule has 0 fully saturated rings. The number of nitrogens with zero attached hydrogens (tertiary/aromatic N) is 2. The Morgan fingerprint density at radius 2 is 1.56 bits per heavy atom. The second-order valence-corrected chi connectivity index (χ2v) is 6.60. The highest BCUT2D eigenvalue weighted by atomic mass is 35.5. The van der Waals surface area contributed by atoms with Gasteiger partial charge in [0.1, 0.15) is 11.7 Å². The van der Waals surface area contributed by atoms with Crippen molar-refractivity contribution in [2.45, 2.75) is 0 Å². The molecule has 0 spiro atoms. The summed E-state index contributed by atoms with van der Waals surface area (Å²) in [6, 6.07) is 26.1. The standard InChI is InChI=1S/C20H16ClN3S/c21-15-11-12-18-19(13-15)23(17-9-5-2-6-10-17)14-24(20(18)25)22-16-7-3-1-4-8-16/h1-13,22H,14H2. The molecule has 0 amide bonds. The van der Waals surface area contributed by atoms with Gasteiger partial charge in [-0.05, 0) is 42.5 Å². The van der Waals surface area contributed by atoms with Crippen molar-refractivity contribution < 1.29 is 0 Å². The number of anilines is 3. The summed E-state index contributed by atoms with van der Waals surface area (Å²) in [5, 5.41) is 2.68. The molecule has 0 saturated heterocycles. The summed E-state index contributed by atoms with van der Waals surface area (Å²) in [4.78, 5) is 2.95. The van der Waals surface area contributed by atoms with Crippen LogP contribution in [-0.2, 0) is 0 Å². The fraction of sp³-hybridized carbons (Fsp3) is 0.0500. The molecular formula is C20H16ClN3S. The minimum Gasteiger partial charge on any atom is -0.321 e. The molecule has 124 valence electrons. The number of benzene rings is 3. The number of fused-ring (bicyclic) bond motifs is 1. The highest BCUT2D eigenvalue weighted by molar-refractivity contribution is 7.80. The second-order valence-electron chi connectivity index (χ2n) is 5.78. The Balaban J connectivity index is 1.75. The van der Waals surface area contributed by atoms with Crippen LogP contribution in [0, 0.1) is 0 Å². The van der Waals surface area contributed by atoms with Gasteiger partial charge in [0.2, 0.25) is 0 Å². The lowest BCUT2D eigenvalue weighted by molar-refractivity contribution is 0.505. The summed E-state index contributed by atoms with van der Waals surface area (Å²) in [5.41, 5.74) is 7.50. The largest absolute Gasteiger partial charge is 0.321 e. The van der Waals surface area contributed by atoms with Crippen molar-refractivity contribution in [1.29, 1.82) is 0 Å². The Kier molecular flexibility index (Phi) is 4.30. The molecule has 25 heavy (non-hydrogen) atoms. The minimum absolute atomic E-state index is 0.588. The summed E-state index contributed by atoms with van der Waals surface area (Å²) in [6.45, 7) is 0.588. The first-order chi connectivity index (χ1) is 12.2. The third-order valence-electron chi connectivity index (χ3n) is 4.11. The molecule has 4 rings (SSSR count). The van der Waals surface area contributed by atoms with E-state index in [9.17, 15) is 0 Å². The van der Waals surface area contributed by atoms with Gasteiger partial charge in [-0.3, -0.25) is 10.4 Å². The monoisotopic (exact) mass is 365 g/mol. The van der Waals surface area contributed by atoms with Crippen molar-refractivity contribution in [2.24, 2.45) is 0 Å². The van der Waals surface area contributed by atoms with Crippen LogP contribution in [0.4, 0.5) is 17.1 Å². The van der Waals surface area contributed by atoms with Crippen LogP contribution in [0.1, 0.15) is 5.56 Å². The average Bonchev–Trinajstić information content (AvgIpc) is 2.65. The maximum Gasteiger partial charge on any atom is 0.131 e. The van der Waals surface area contributed by atoms with Gasteiger partial charge in [0.05, 0.1) is 11.4 Å². The molecule has 0 aromatic heterocycles. The Labute approximate surface area is 157 Å². The van der Waals surface area contributed by atoms with Crippen molar-refractivity contribution in [1.82, 2.24) is 5.01 Å². The number of thiocarbonyl (C=S) groups is 1. The first-order valence-corrected chi connectivity index (χ1v) is 8.77. The molecule has 1 aliphatic heterocycles. The van der Waals surface area contributed by atoms with E-state index in [4.69, 9.17) is 23.8 Å². The average molecular weight is 366 g/mol. The summed E-state index contributed by atoms with van der Waals surface area (Å²) in [7, 11) is 0. The molecule has 0 aliphatic carbocycles. The van der Waals surface area contributed by atoms with Crippen LogP contribution in [0.5, 0.6) is 0 Å². The number of rotatable bonds is 3. The van der Waals surface area contributed by atoms with Crippen LogP contribution in [0.15, 0.2) is 78.9 Å². The fourth-order valence-electron chi connectivity index (χ4n) is 2.92. The van der Waals surface area contributed by atoms with E-state index in [0.29, 0.717) is 11.7 Å². The predicted molar refractivity (Wildman–Crippen MR) is 109 cm³/mol. The smallest absolute Gasteiger partial charge is 0.131 e. The van der Waals surface area contributed by atoms with Gasteiger partial charge in [-0.25, -0.2) is 0 Å². The van der Waals surface area contributed by atoms with E-state index in [0.717, 1.165) is 27.6 Å². The summed E-state index contributed by atoms with van der Waals surface area (Å²) < 4.78 is 0. The van der Waals surface area contributed by atoms with Crippen molar-refractivity contribution >= 4 is 45.9 Å². The van der Waals surface area contributed by atoms with E-state index in [1.807, 2.05) is 71.7 Å². The molecular weight excluding hydrogens is 350 g/mol.